The monoisotopic (exact) mass is 413 g/mol. The molecule has 0 unspecified atom stereocenters. The highest BCUT2D eigenvalue weighted by molar-refractivity contribution is 6.90. The fraction of sp³-hybridized carbons (Fsp3) is 0.923. The maximum Gasteiger partial charge on any atom is 0.469 e. The molecule has 0 aliphatic heterocycles. The van der Waals surface area contributed by atoms with Crippen molar-refractivity contribution in [3.05, 3.63) is 0 Å². The van der Waals surface area contributed by atoms with Crippen molar-refractivity contribution in [1.29, 1.82) is 0 Å². The Labute approximate surface area is 150 Å². The Morgan fingerprint density at radius 3 is 1.50 bits per heavy atom. The predicted octanol–water partition coefficient (Wildman–Crippen LogP) is 3.99. The van der Waals surface area contributed by atoms with Gasteiger partial charge in [0.2, 0.25) is 0 Å². The van der Waals surface area contributed by atoms with Gasteiger partial charge in [0.05, 0.1) is 6.61 Å². The molecule has 0 spiro atoms. The fourth-order valence-corrected chi connectivity index (χ4v) is 16.7. The Bertz CT molecular complexity index is 362. The largest absolute Gasteiger partial charge is 0.469 e. The van der Waals surface area contributed by atoms with E-state index in [1.54, 1.807) is 0 Å². The SMILES string of the molecule is C[Si](C)(C)O[Si](CCCOC(=O)NO)(O[Si](C)(C)C)O[Si](C)(C)C. The van der Waals surface area contributed by atoms with Crippen LogP contribution < -0.4 is 5.48 Å². The number of hydrogen-bond acceptors (Lipinski definition) is 6. The van der Waals surface area contributed by atoms with Crippen LogP contribution in [0.25, 0.3) is 0 Å². The molecule has 0 saturated carbocycles. The molecule has 11 heteroatoms. The van der Waals surface area contributed by atoms with Gasteiger partial charge in [0.15, 0.2) is 25.0 Å². The van der Waals surface area contributed by atoms with E-state index >= 15 is 0 Å². The molecule has 24 heavy (non-hydrogen) atoms. The number of hydroxylamine groups is 1. The summed E-state index contributed by atoms with van der Waals surface area (Å²) >= 11 is 0. The van der Waals surface area contributed by atoms with E-state index in [1.165, 1.54) is 5.48 Å². The van der Waals surface area contributed by atoms with Gasteiger partial charge in [-0.15, -0.1) is 0 Å². The van der Waals surface area contributed by atoms with Crippen LogP contribution in [0.3, 0.4) is 0 Å². The zero-order valence-electron chi connectivity index (χ0n) is 16.6. The molecule has 0 rings (SSSR count). The zero-order valence-corrected chi connectivity index (χ0v) is 20.6. The summed E-state index contributed by atoms with van der Waals surface area (Å²) in [5.41, 5.74) is 1.45. The molecule has 0 heterocycles. The molecule has 1 amide bonds. The van der Waals surface area contributed by atoms with Gasteiger partial charge in [-0.3, -0.25) is 5.21 Å². The van der Waals surface area contributed by atoms with Crippen LogP contribution in [0.2, 0.25) is 65.0 Å². The van der Waals surface area contributed by atoms with Gasteiger partial charge in [-0.25, -0.2) is 10.3 Å². The second-order valence-corrected chi connectivity index (χ2v) is 25.7. The lowest BCUT2D eigenvalue weighted by molar-refractivity contribution is 0.0883. The van der Waals surface area contributed by atoms with Crippen molar-refractivity contribution in [2.45, 2.75) is 71.4 Å². The molecule has 0 saturated heterocycles. The highest BCUT2D eigenvalue weighted by Gasteiger charge is 2.49. The minimum atomic E-state index is -2.87. The molecular weight excluding hydrogens is 378 g/mol. The minimum absolute atomic E-state index is 0.181. The van der Waals surface area contributed by atoms with E-state index in [0.29, 0.717) is 12.5 Å². The number of carbonyl (C=O) groups excluding carboxylic acids is 1. The molecule has 0 atom stereocenters. The van der Waals surface area contributed by atoms with Crippen LogP contribution >= 0.6 is 0 Å². The maximum atomic E-state index is 11.0. The summed E-state index contributed by atoms with van der Waals surface area (Å²) in [5.74, 6) is 0. The quantitative estimate of drug-likeness (QED) is 0.244. The first kappa shape index (κ1) is 24.0. The number of ether oxygens (including phenoxy) is 1. The van der Waals surface area contributed by atoms with E-state index in [0.717, 1.165) is 0 Å². The van der Waals surface area contributed by atoms with Crippen molar-refractivity contribution in [2.75, 3.05) is 6.61 Å². The maximum absolute atomic E-state index is 11.0. The molecule has 2 N–H and O–H groups in total. The first-order valence-corrected chi connectivity index (χ1v) is 20.4. The second-order valence-electron chi connectivity index (χ2n) is 8.68. The Morgan fingerprint density at radius 1 is 0.833 bits per heavy atom. The molecule has 7 nitrogen and oxygen atoms in total. The summed E-state index contributed by atoms with van der Waals surface area (Å²) in [4.78, 5) is 11.0. The van der Waals surface area contributed by atoms with Gasteiger partial charge in [0.25, 0.3) is 0 Å². The van der Waals surface area contributed by atoms with Crippen molar-refractivity contribution in [3.8, 4) is 0 Å². The number of amides is 1. The van der Waals surface area contributed by atoms with E-state index in [2.05, 4.69) is 58.9 Å². The van der Waals surface area contributed by atoms with Crippen molar-refractivity contribution in [1.82, 2.24) is 5.48 Å². The number of rotatable bonds is 10. The highest BCUT2D eigenvalue weighted by atomic mass is 28.5. The van der Waals surface area contributed by atoms with Gasteiger partial charge in [-0.05, 0) is 65.3 Å². The summed E-state index contributed by atoms with van der Waals surface area (Å²) in [6, 6.07) is 0.602. The summed E-state index contributed by atoms with van der Waals surface area (Å²) in [7, 11) is -8.53. The summed E-state index contributed by atoms with van der Waals surface area (Å²) in [5, 5.41) is 8.48. The topological polar surface area (TPSA) is 86.3 Å². The lowest BCUT2D eigenvalue weighted by atomic mass is 10.5. The van der Waals surface area contributed by atoms with Crippen LogP contribution in [0.4, 0.5) is 4.79 Å². The third-order valence-electron chi connectivity index (χ3n) is 2.34. The van der Waals surface area contributed by atoms with Crippen molar-refractivity contribution >= 4 is 39.8 Å². The molecule has 0 aromatic carbocycles. The first-order valence-electron chi connectivity index (χ1n) is 8.25. The number of hydrogen-bond donors (Lipinski definition) is 2. The van der Waals surface area contributed by atoms with E-state index in [1.807, 2.05) is 0 Å². The third-order valence-corrected chi connectivity index (χ3v) is 14.4. The molecule has 0 fully saturated rings. The normalized spacial score (nSPS) is 13.8. The van der Waals surface area contributed by atoms with Crippen LogP contribution in [-0.4, -0.2) is 51.7 Å². The number of nitrogens with one attached hydrogen (secondary N) is 1. The molecule has 0 aliphatic rings. The van der Waals surface area contributed by atoms with Crippen LogP contribution in [0.5, 0.6) is 0 Å². The lowest BCUT2D eigenvalue weighted by Crippen LogP contribution is -2.60. The second kappa shape index (κ2) is 9.07. The Morgan fingerprint density at radius 2 is 1.21 bits per heavy atom. The molecule has 0 aromatic rings. The molecule has 0 aliphatic carbocycles. The van der Waals surface area contributed by atoms with Crippen molar-refractivity contribution in [3.63, 3.8) is 0 Å². The first-order chi connectivity index (χ1) is 10.6. The van der Waals surface area contributed by atoms with Gasteiger partial charge >= 0.3 is 14.9 Å². The van der Waals surface area contributed by atoms with Crippen LogP contribution in [0, 0.1) is 0 Å². The summed E-state index contributed by atoms with van der Waals surface area (Å²) < 4.78 is 24.4. The molecule has 0 radical (unpaired) electrons. The average molecular weight is 414 g/mol. The Balaban J connectivity index is 5.27. The summed E-state index contributed by atoms with van der Waals surface area (Å²) in [6.45, 7) is 19.4. The standard InChI is InChI=1S/C13H35NO6Si4/c1-21(2,3)18-24(19-22(4,5)6,20-23(7,8)9)12-10-11-17-13(15)14-16/h16H,10-12H2,1-9H3,(H,14,15). The van der Waals surface area contributed by atoms with Crippen LogP contribution in [0.15, 0.2) is 0 Å². The van der Waals surface area contributed by atoms with Gasteiger partial charge < -0.3 is 17.1 Å². The van der Waals surface area contributed by atoms with Gasteiger partial charge in [0.1, 0.15) is 0 Å². The minimum Gasteiger partial charge on any atom is -0.448 e. The van der Waals surface area contributed by atoms with E-state index in [4.69, 9.17) is 22.3 Å². The molecule has 0 bridgehead atoms. The van der Waals surface area contributed by atoms with Crippen LogP contribution in [-0.2, 0) is 17.1 Å². The summed E-state index contributed by atoms with van der Waals surface area (Å²) in [6.07, 6.45) is -0.287. The highest BCUT2D eigenvalue weighted by Crippen LogP contribution is 2.29. The van der Waals surface area contributed by atoms with Crippen LogP contribution in [0.1, 0.15) is 6.42 Å². The van der Waals surface area contributed by atoms with E-state index < -0.39 is 39.8 Å². The molecule has 144 valence electrons. The predicted molar refractivity (Wildman–Crippen MR) is 105 cm³/mol. The third kappa shape index (κ3) is 12.4. The Kier molecular flexibility index (Phi) is 9.06. The fourth-order valence-electron chi connectivity index (χ4n) is 2.10. The Hall–Kier alpha value is -0.0225. The van der Waals surface area contributed by atoms with Crippen molar-refractivity contribution < 1.29 is 27.1 Å². The van der Waals surface area contributed by atoms with E-state index in [9.17, 15) is 4.79 Å². The average Bonchev–Trinajstić information content (AvgIpc) is 2.27. The number of carbonyl (C=O) groups is 1. The lowest BCUT2D eigenvalue weighted by Gasteiger charge is -2.42. The molecular formula is C13H35NO6Si4. The van der Waals surface area contributed by atoms with Gasteiger partial charge in [-0.2, -0.15) is 0 Å². The zero-order chi connectivity index (χ0) is 19.2. The smallest absolute Gasteiger partial charge is 0.448 e. The van der Waals surface area contributed by atoms with Gasteiger partial charge in [-0.1, -0.05) is 0 Å². The molecule has 0 aromatic heterocycles. The van der Waals surface area contributed by atoms with Crippen molar-refractivity contribution in [2.24, 2.45) is 0 Å². The van der Waals surface area contributed by atoms with E-state index in [-0.39, 0.29) is 6.61 Å². The van der Waals surface area contributed by atoms with Gasteiger partial charge in [0, 0.05) is 6.04 Å².